The quantitative estimate of drug-likeness (QED) is 0.467. The summed E-state index contributed by atoms with van der Waals surface area (Å²) >= 11 is 0. The Hall–Kier alpha value is -4.00. The Labute approximate surface area is 241 Å². The number of carbonyl (C=O) groups is 4. The maximum Gasteiger partial charge on any atom is 0.255 e. The minimum atomic E-state index is -0.765. The van der Waals surface area contributed by atoms with Crippen LogP contribution in [0.25, 0.3) is 10.8 Å². The Balaban J connectivity index is 1.34. The standard InChI is InChI=1S/C34H39N3O4/c1-21(2)19-27(35-31(39)23-13-15-24(16-14-23)34(3,4)5)33(41)36-18-17-28-30(36)29(38)20-37(28)32(40)26-12-8-10-22-9-6-7-11-25(22)26/h6-16,21,27-28,30H,17-20H2,1-5H3,(H,35,39)/t27-,28?,30?/m0/s1. The second-order valence-electron chi connectivity index (χ2n) is 12.7. The van der Waals surface area contributed by atoms with Crippen LogP contribution >= 0.6 is 0 Å². The van der Waals surface area contributed by atoms with E-state index in [-0.39, 0.29) is 47.4 Å². The van der Waals surface area contributed by atoms with Gasteiger partial charge in [-0.2, -0.15) is 0 Å². The summed E-state index contributed by atoms with van der Waals surface area (Å²) in [4.78, 5) is 57.4. The van der Waals surface area contributed by atoms with Crippen LogP contribution in [0.5, 0.6) is 0 Å². The van der Waals surface area contributed by atoms with Crippen LogP contribution < -0.4 is 5.32 Å². The normalized spacial score (nSPS) is 19.5. The number of nitrogens with zero attached hydrogens (tertiary/aromatic N) is 2. The molecule has 0 bridgehead atoms. The van der Waals surface area contributed by atoms with Crippen molar-refractivity contribution in [3.05, 3.63) is 83.4 Å². The smallest absolute Gasteiger partial charge is 0.255 e. The number of amides is 3. The van der Waals surface area contributed by atoms with Gasteiger partial charge < -0.3 is 15.1 Å². The third kappa shape index (κ3) is 5.63. The Bertz CT molecular complexity index is 1480. The summed E-state index contributed by atoms with van der Waals surface area (Å²) in [5.74, 6) is -0.761. The third-order valence-electron chi connectivity index (χ3n) is 8.31. The number of benzene rings is 3. The maximum atomic E-state index is 13.9. The second-order valence-corrected chi connectivity index (χ2v) is 12.7. The molecule has 0 saturated carbocycles. The van der Waals surface area contributed by atoms with Gasteiger partial charge >= 0.3 is 0 Å². The highest BCUT2D eigenvalue weighted by Crippen LogP contribution is 2.33. The lowest BCUT2D eigenvalue weighted by atomic mass is 9.86. The Morgan fingerprint density at radius 2 is 1.61 bits per heavy atom. The SMILES string of the molecule is CC(C)C[C@H](NC(=O)c1ccc(C(C)(C)C)cc1)C(=O)N1CCC2C1C(=O)CN2C(=O)c1cccc2ccccc12. The van der Waals surface area contributed by atoms with Crippen molar-refractivity contribution < 1.29 is 19.2 Å². The summed E-state index contributed by atoms with van der Waals surface area (Å²) < 4.78 is 0. The molecule has 2 aliphatic heterocycles. The monoisotopic (exact) mass is 553 g/mol. The average Bonchev–Trinajstić information content (AvgIpc) is 3.52. The number of fused-ring (bicyclic) bond motifs is 2. The van der Waals surface area contributed by atoms with Gasteiger partial charge in [-0.05, 0) is 58.7 Å². The van der Waals surface area contributed by atoms with E-state index in [0.29, 0.717) is 30.5 Å². The highest BCUT2D eigenvalue weighted by Gasteiger charge is 2.52. The van der Waals surface area contributed by atoms with Crippen molar-refractivity contribution in [2.24, 2.45) is 5.92 Å². The van der Waals surface area contributed by atoms with E-state index in [2.05, 4.69) is 26.1 Å². The number of carbonyl (C=O) groups excluding carboxylic acids is 4. The van der Waals surface area contributed by atoms with Crippen LogP contribution in [0.2, 0.25) is 0 Å². The molecule has 2 unspecified atom stereocenters. The lowest BCUT2D eigenvalue weighted by Crippen LogP contribution is -2.53. The van der Waals surface area contributed by atoms with Crippen LogP contribution in [-0.2, 0) is 15.0 Å². The molecule has 214 valence electrons. The first kappa shape index (κ1) is 28.5. The first-order valence-electron chi connectivity index (χ1n) is 14.5. The van der Waals surface area contributed by atoms with Crippen LogP contribution in [0.1, 0.15) is 73.7 Å². The molecule has 3 aromatic rings. The molecule has 0 aromatic heterocycles. The predicted octanol–water partition coefficient (Wildman–Crippen LogP) is 4.98. The van der Waals surface area contributed by atoms with E-state index < -0.39 is 12.1 Å². The number of likely N-dealkylation sites (tertiary alicyclic amines) is 2. The van der Waals surface area contributed by atoms with Crippen molar-refractivity contribution in [1.29, 1.82) is 0 Å². The molecule has 0 spiro atoms. The summed E-state index contributed by atoms with van der Waals surface area (Å²) in [6, 6.07) is 18.9. The lowest BCUT2D eigenvalue weighted by molar-refractivity contribution is -0.138. The third-order valence-corrected chi connectivity index (χ3v) is 8.31. The van der Waals surface area contributed by atoms with Gasteiger partial charge in [0.15, 0.2) is 5.78 Å². The van der Waals surface area contributed by atoms with Crippen molar-refractivity contribution in [2.75, 3.05) is 13.1 Å². The number of rotatable bonds is 6. The van der Waals surface area contributed by atoms with Crippen molar-refractivity contribution in [2.45, 2.75) is 71.0 Å². The van der Waals surface area contributed by atoms with Crippen LogP contribution in [0.4, 0.5) is 0 Å². The van der Waals surface area contributed by atoms with E-state index in [1.54, 1.807) is 28.0 Å². The van der Waals surface area contributed by atoms with Crippen molar-refractivity contribution in [3.63, 3.8) is 0 Å². The molecule has 2 fully saturated rings. The van der Waals surface area contributed by atoms with Gasteiger partial charge in [0.05, 0.1) is 12.6 Å². The van der Waals surface area contributed by atoms with Gasteiger partial charge in [-0.15, -0.1) is 0 Å². The van der Waals surface area contributed by atoms with Crippen molar-refractivity contribution in [3.8, 4) is 0 Å². The summed E-state index contributed by atoms with van der Waals surface area (Å²) in [6.45, 7) is 10.7. The summed E-state index contributed by atoms with van der Waals surface area (Å²) in [6.07, 6.45) is 0.973. The molecular weight excluding hydrogens is 514 g/mol. The Morgan fingerprint density at radius 3 is 2.29 bits per heavy atom. The van der Waals surface area contributed by atoms with Crippen molar-refractivity contribution >= 4 is 34.3 Å². The molecule has 3 atom stereocenters. The summed E-state index contributed by atoms with van der Waals surface area (Å²) in [5, 5.41) is 4.76. The molecule has 2 saturated heterocycles. The summed E-state index contributed by atoms with van der Waals surface area (Å²) in [5.41, 5.74) is 2.13. The zero-order valence-corrected chi connectivity index (χ0v) is 24.5. The van der Waals surface area contributed by atoms with Crippen LogP contribution in [-0.4, -0.2) is 64.5 Å². The first-order valence-corrected chi connectivity index (χ1v) is 14.5. The van der Waals surface area contributed by atoms with Gasteiger partial charge in [0, 0.05) is 17.7 Å². The topological polar surface area (TPSA) is 86.8 Å². The van der Waals surface area contributed by atoms with E-state index in [1.807, 2.05) is 62.4 Å². The number of nitrogens with one attached hydrogen (secondary N) is 1. The molecule has 0 aliphatic carbocycles. The van der Waals surface area contributed by atoms with E-state index in [1.165, 1.54) is 0 Å². The molecule has 3 aromatic carbocycles. The maximum absolute atomic E-state index is 13.9. The molecule has 7 heteroatoms. The number of hydrogen-bond donors (Lipinski definition) is 1. The number of Topliss-reactive ketones (excluding diaryl/α,β-unsaturated/α-hetero) is 1. The van der Waals surface area contributed by atoms with Gasteiger partial charge in [-0.3, -0.25) is 19.2 Å². The minimum absolute atomic E-state index is 0.0253. The highest BCUT2D eigenvalue weighted by atomic mass is 16.2. The van der Waals surface area contributed by atoms with Gasteiger partial charge in [0.2, 0.25) is 5.91 Å². The van der Waals surface area contributed by atoms with Crippen LogP contribution in [0.15, 0.2) is 66.7 Å². The number of ketones is 1. The van der Waals surface area contributed by atoms with Crippen molar-refractivity contribution in [1.82, 2.24) is 15.1 Å². The van der Waals surface area contributed by atoms with E-state index in [4.69, 9.17) is 0 Å². The van der Waals surface area contributed by atoms with Crippen LogP contribution in [0, 0.1) is 5.92 Å². The van der Waals surface area contributed by atoms with E-state index in [0.717, 1.165) is 16.3 Å². The Morgan fingerprint density at radius 1 is 0.927 bits per heavy atom. The Kier molecular flexibility index (Phi) is 7.73. The largest absolute Gasteiger partial charge is 0.340 e. The number of hydrogen-bond acceptors (Lipinski definition) is 4. The fourth-order valence-corrected chi connectivity index (χ4v) is 6.16. The zero-order valence-electron chi connectivity index (χ0n) is 24.5. The fourth-order valence-electron chi connectivity index (χ4n) is 6.16. The highest BCUT2D eigenvalue weighted by molar-refractivity contribution is 6.10. The van der Waals surface area contributed by atoms with Gasteiger partial charge in [0.1, 0.15) is 12.1 Å². The molecular formula is C34H39N3O4. The summed E-state index contributed by atoms with van der Waals surface area (Å²) in [7, 11) is 0. The second kappa shape index (κ2) is 11.1. The molecule has 1 N–H and O–H groups in total. The fraction of sp³-hybridized carbons (Fsp3) is 0.412. The van der Waals surface area contributed by atoms with Gasteiger partial charge in [-0.25, -0.2) is 0 Å². The predicted molar refractivity (Wildman–Crippen MR) is 160 cm³/mol. The van der Waals surface area contributed by atoms with Crippen LogP contribution in [0.3, 0.4) is 0 Å². The minimum Gasteiger partial charge on any atom is -0.340 e. The zero-order chi connectivity index (χ0) is 29.5. The molecule has 3 amide bonds. The van der Waals surface area contributed by atoms with Gasteiger partial charge in [-0.1, -0.05) is 83.1 Å². The molecule has 5 rings (SSSR count). The lowest BCUT2D eigenvalue weighted by Gasteiger charge is -2.29. The van der Waals surface area contributed by atoms with E-state index >= 15 is 0 Å². The van der Waals surface area contributed by atoms with E-state index in [9.17, 15) is 19.2 Å². The molecule has 0 radical (unpaired) electrons. The molecule has 2 heterocycles. The first-order chi connectivity index (χ1) is 19.5. The molecule has 41 heavy (non-hydrogen) atoms. The van der Waals surface area contributed by atoms with Gasteiger partial charge in [0.25, 0.3) is 11.8 Å². The molecule has 7 nitrogen and oxygen atoms in total. The average molecular weight is 554 g/mol. The molecule has 2 aliphatic rings.